The summed E-state index contributed by atoms with van der Waals surface area (Å²) in [5.41, 5.74) is 0.291. The van der Waals surface area contributed by atoms with Gasteiger partial charge in [-0.25, -0.2) is 17.5 Å². The van der Waals surface area contributed by atoms with Crippen molar-refractivity contribution in [1.29, 1.82) is 0 Å². The van der Waals surface area contributed by atoms with Crippen molar-refractivity contribution in [2.75, 3.05) is 0 Å². The maximum Gasteiger partial charge on any atom is 0.242 e. The van der Waals surface area contributed by atoms with Crippen molar-refractivity contribution >= 4 is 26.0 Å². The summed E-state index contributed by atoms with van der Waals surface area (Å²) in [6.45, 7) is 1.58. The predicted molar refractivity (Wildman–Crippen MR) is 77.1 cm³/mol. The molecule has 0 bridgehead atoms. The number of pyridine rings is 1. The number of rotatable bonds is 4. The third kappa shape index (κ3) is 3.41. The standard InChI is InChI=1S/C13H12BrFN2O2S/c1-9(12-4-2-3-5-13(12)15)17-20(18,19)11-6-10(14)7-16-8-11/h2-9,17H,1H3. The van der Waals surface area contributed by atoms with Gasteiger partial charge in [-0.1, -0.05) is 18.2 Å². The Bertz CT molecular complexity index is 722. The average molecular weight is 359 g/mol. The zero-order valence-electron chi connectivity index (χ0n) is 10.5. The van der Waals surface area contributed by atoms with Gasteiger partial charge < -0.3 is 0 Å². The average Bonchev–Trinajstić information content (AvgIpc) is 2.38. The van der Waals surface area contributed by atoms with Gasteiger partial charge in [0.05, 0.1) is 0 Å². The molecule has 2 aromatic rings. The van der Waals surface area contributed by atoms with Crippen LogP contribution in [0.15, 0.2) is 52.1 Å². The van der Waals surface area contributed by atoms with Gasteiger partial charge in [0.2, 0.25) is 10.0 Å². The van der Waals surface area contributed by atoms with E-state index in [0.29, 0.717) is 10.0 Å². The molecular weight excluding hydrogens is 347 g/mol. The topological polar surface area (TPSA) is 59.1 Å². The third-order valence-corrected chi connectivity index (χ3v) is 4.64. The Labute approximate surface area is 125 Å². The molecule has 0 saturated heterocycles. The van der Waals surface area contributed by atoms with Gasteiger partial charge in [-0.3, -0.25) is 4.98 Å². The van der Waals surface area contributed by atoms with Crippen LogP contribution in [0.4, 0.5) is 4.39 Å². The Morgan fingerprint density at radius 1 is 1.30 bits per heavy atom. The summed E-state index contributed by atoms with van der Waals surface area (Å²) < 4.78 is 41.0. The van der Waals surface area contributed by atoms with Crippen LogP contribution < -0.4 is 4.72 Å². The summed E-state index contributed by atoms with van der Waals surface area (Å²) in [5.74, 6) is -0.449. The SMILES string of the molecule is CC(NS(=O)(=O)c1cncc(Br)c1)c1ccccc1F. The number of aromatic nitrogens is 1. The monoisotopic (exact) mass is 358 g/mol. The number of nitrogens with zero attached hydrogens (tertiary/aromatic N) is 1. The van der Waals surface area contributed by atoms with Crippen molar-refractivity contribution in [3.63, 3.8) is 0 Å². The van der Waals surface area contributed by atoms with E-state index >= 15 is 0 Å². The van der Waals surface area contributed by atoms with E-state index in [1.54, 1.807) is 25.1 Å². The minimum Gasteiger partial charge on any atom is -0.262 e. The first-order valence-electron chi connectivity index (χ1n) is 5.77. The number of hydrogen-bond acceptors (Lipinski definition) is 3. The summed E-state index contributed by atoms with van der Waals surface area (Å²) in [6, 6.07) is 6.80. The number of halogens is 2. The lowest BCUT2D eigenvalue weighted by molar-refractivity contribution is 0.549. The molecule has 0 aliphatic carbocycles. The second-order valence-electron chi connectivity index (χ2n) is 4.20. The molecule has 0 spiro atoms. The third-order valence-electron chi connectivity index (χ3n) is 2.69. The largest absolute Gasteiger partial charge is 0.262 e. The van der Waals surface area contributed by atoms with Crippen LogP contribution in [0.2, 0.25) is 0 Å². The maximum absolute atomic E-state index is 13.6. The first-order valence-corrected chi connectivity index (χ1v) is 8.05. The van der Waals surface area contributed by atoms with Crippen LogP contribution in [-0.2, 0) is 10.0 Å². The fraction of sp³-hybridized carbons (Fsp3) is 0.154. The molecule has 1 aromatic heterocycles. The fourth-order valence-corrected chi connectivity index (χ4v) is 3.46. The van der Waals surface area contributed by atoms with Crippen LogP contribution in [-0.4, -0.2) is 13.4 Å². The van der Waals surface area contributed by atoms with Crippen LogP contribution in [0.3, 0.4) is 0 Å². The zero-order chi connectivity index (χ0) is 14.8. The summed E-state index contributed by atoms with van der Waals surface area (Å²) in [5, 5.41) is 0. The Morgan fingerprint density at radius 3 is 2.65 bits per heavy atom. The second kappa shape index (κ2) is 5.99. The van der Waals surface area contributed by atoms with Gasteiger partial charge in [0.25, 0.3) is 0 Å². The van der Waals surface area contributed by atoms with Gasteiger partial charge in [0, 0.05) is 28.5 Å². The van der Waals surface area contributed by atoms with Gasteiger partial charge in [-0.05, 0) is 35.0 Å². The smallest absolute Gasteiger partial charge is 0.242 e. The molecule has 1 unspecified atom stereocenters. The van der Waals surface area contributed by atoms with Crippen LogP contribution in [0.1, 0.15) is 18.5 Å². The van der Waals surface area contributed by atoms with E-state index in [1.165, 1.54) is 24.5 Å². The molecule has 0 amide bonds. The lowest BCUT2D eigenvalue weighted by Crippen LogP contribution is -2.27. The molecular formula is C13H12BrFN2O2S. The first-order chi connectivity index (χ1) is 9.40. The highest BCUT2D eigenvalue weighted by atomic mass is 79.9. The molecule has 0 radical (unpaired) electrons. The number of benzene rings is 1. The van der Waals surface area contributed by atoms with E-state index in [2.05, 4.69) is 25.6 Å². The van der Waals surface area contributed by atoms with E-state index in [4.69, 9.17) is 0 Å². The highest BCUT2D eigenvalue weighted by Gasteiger charge is 2.20. The Morgan fingerprint density at radius 2 is 2.00 bits per heavy atom. The lowest BCUT2D eigenvalue weighted by atomic mass is 10.1. The first kappa shape index (κ1) is 15.1. The van der Waals surface area contributed by atoms with Crippen molar-refractivity contribution in [2.45, 2.75) is 17.9 Å². The molecule has 0 saturated carbocycles. The highest BCUT2D eigenvalue weighted by Crippen LogP contribution is 2.20. The molecule has 4 nitrogen and oxygen atoms in total. The minimum atomic E-state index is -3.76. The van der Waals surface area contributed by atoms with Crippen molar-refractivity contribution in [3.05, 3.63) is 58.6 Å². The predicted octanol–water partition coefficient (Wildman–Crippen LogP) is 3.02. The van der Waals surface area contributed by atoms with E-state index in [-0.39, 0.29) is 4.90 Å². The number of hydrogen-bond donors (Lipinski definition) is 1. The van der Waals surface area contributed by atoms with Gasteiger partial charge in [-0.15, -0.1) is 0 Å². The second-order valence-corrected chi connectivity index (χ2v) is 6.83. The molecule has 0 fully saturated rings. The molecule has 1 aromatic carbocycles. The van der Waals surface area contributed by atoms with Gasteiger partial charge in [0.15, 0.2) is 0 Å². The molecule has 2 rings (SSSR count). The van der Waals surface area contributed by atoms with E-state index < -0.39 is 21.9 Å². The lowest BCUT2D eigenvalue weighted by Gasteiger charge is -2.15. The number of nitrogens with one attached hydrogen (secondary N) is 1. The van der Waals surface area contributed by atoms with Crippen molar-refractivity contribution in [2.24, 2.45) is 0 Å². The van der Waals surface area contributed by atoms with Gasteiger partial charge in [-0.2, -0.15) is 0 Å². The van der Waals surface area contributed by atoms with Crippen LogP contribution >= 0.6 is 15.9 Å². The Balaban J connectivity index is 2.27. The molecule has 1 heterocycles. The summed E-state index contributed by atoms with van der Waals surface area (Å²) in [4.78, 5) is 3.83. The summed E-state index contributed by atoms with van der Waals surface area (Å²) in [6.07, 6.45) is 2.72. The van der Waals surface area contributed by atoms with Gasteiger partial charge in [0.1, 0.15) is 10.7 Å². The molecule has 0 aliphatic heterocycles. The van der Waals surface area contributed by atoms with Crippen LogP contribution in [0.25, 0.3) is 0 Å². The van der Waals surface area contributed by atoms with Crippen LogP contribution in [0, 0.1) is 5.82 Å². The zero-order valence-corrected chi connectivity index (χ0v) is 12.9. The van der Waals surface area contributed by atoms with E-state index in [1.807, 2.05) is 0 Å². The normalized spacial score (nSPS) is 13.2. The summed E-state index contributed by atoms with van der Waals surface area (Å²) in [7, 11) is -3.76. The maximum atomic E-state index is 13.6. The Kier molecular flexibility index (Phi) is 4.52. The van der Waals surface area contributed by atoms with Crippen molar-refractivity contribution < 1.29 is 12.8 Å². The van der Waals surface area contributed by atoms with Crippen LogP contribution in [0.5, 0.6) is 0 Å². The van der Waals surface area contributed by atoms with Crippen molar-refractivity contribution in [1.82, 2.24) is 9.71 Å². The van der Waals surface area contributed by atoms with Crippen molar-refractivity contribution in [3.8, 4) is 0 Å². The molecule has 20 heavy (non-hydrogen) atoms. The molecule has 0 aliphatic rings. The van der Waals surface area contributed by atoms with E-state index in [9.17, 15) is 12.8 Å². The quantitative estimate of drug-likeness (QED) is 0.913. The minimum absolute atomic E-state index is 0.0232. The molecule has 1 atom stereocenters. The van der Waals surface area contributed by atoms with Gasteiger partial charge >= 0.3 is 0 Å². The number of sulfonamides is 1. The molecule has 7 heteroatoms. The fourth-order valence-electron chi connectivity index (χ4n) is 1.73. The summed E-state index contributed by atoms with van der Waals surface area (Å²) >= 11 is 3.16. The highest BCUT2D eigenvalue weighted by molar-refractivity contribution is 9.10. The Hall–Kier alpha value is -1.31. The van der Waals surface area contributed by atoms with E-state index in [0.717, 1.165) is 0 Å². The molecule has 1 N–H and O–H groups in total. The molecule has 106 valence electrons.